The first-order chi connectivity index (χ1) is 10.7. The molecule has 1 atom stereocenters. The average Bonchev–Trinajstić information content (AvgIpc) is 2.46. The van der Waals surface area contributed by atoms with Crippen LogP contribution in [0.1, 0.15) is 54.3 Å². The summed E-state index contributed by atoms with van der Waals surface area (Å²) in [6.45, 7) is 5.04. The van der Waals surface area contributed by atoms with Crippen LogP contribution in [0.4, 0.5) is 0 Å². The highest BCUT2D eigenvalue weighted by molar-refractivity contribution is 5.93. The molecule has 1 aromatic carbocycles. The van der Waals surface area contributed by atoms with Crippen molar-refractivity contribution >= 4 is 11.9 Å². The van der Waals surface area contributed by atoms with Gasteiger partial charge in [-0.1, -0.05) is 0 Å². The van der Waals surface area contributed by atoms with Crippen LogP contribution in [0.5, 0.6) is 0 Å². The largest absolute Gasteiger partial charge is 0.462 e. The van der Waals surface area contributed by atoms with Gasteiger partial charge in [-0.25, -0.2) is 9.59 Å². The number of aliphatic hydroxyl groups is 2. The van der Waals surface area contributed by atoms with Crippen LogP contribution in [0, 0.1) is 0 Å². The second kappa shape index (κ2) is 8.64. The lowest BCUT2D eigenvalue weighted by atomic mass is 10.1. The number of hydrogen-bond donors (Lipinski definition) is 2. The summed E-state index contributed by atoms with van der Waals surface area (Å²) in [5, 5.41) is 18.3. The van der Waals surface area contributed by atoms with E-state index in [0.717, 1.165) is 0 Å². The minimum Gasteiger partial charge on any atom is -0.462 e. The molecule has 2 N–H and O–H groups in total. The normalized spacial score (nSPS) is 12.6. The molecule has 1 rings (SSSR count). The third-order valence-corrected chi connectivity index (χ3v) is 3.15. The standard InChI is InChI=1S/C17H24O6/c1-12(8-10-18)23-16(20)14-6-4-13(5-7-14)15(19)22-11-9-17(2,3)21/h4-7,12,18,21H,8-11H2,1-3H3. The molecule has 0 bridgehead atoms. The van der Waals surface area contributed by atoms with Crippen molar-refractivity contribution in [3.05, 3.63) is 35.4 Å². The van der Waals surface area contributed by atoms with E-state index in [4.69, 9.17) is 14.6 Å². The van der Waals surface area contributed by atoms with Crippen LogP contribution in [0.15, 0.2) is 24.3 Å². The van der Waals surface area contributed by atoms with Crippen molar-refractivity contribution in [3.63, 3.8) is 0 Å². The van der Waals surface area contributed by atoms with Crippen LogP contribution in [-0.2, 0) is 9.47 Å². The van der Waals surface area contributed by atoms with Crippen molar-refractivity contribution < 1.29 is 29.3 Å². The molecule has 0 radical (unpaired) electrons. The molecule has 6 nitrogen and oxygen atoms in total. The van der Waals surface area contributed by atoms with Gasteiger partial charge in [-0.05, 0) is 45.0 Å². The van der Waals surface area contributed by atoms with E-state index in [2.05, 4.69) is 0 Å². The highest BCUT2D eigenvalue weighted by Gasteiger charge is 2.16. The minimum absolute atomic E-state index is 0.0517. The van der Waals surface area contributed by atoms with Crippen molar-refractivity contribution in [1.82, 2.24) is 0 Å². The Balaban J connectivity index is 2.55. The Kier molecular flexibility index (Phi) is 7.19. The molecule has 23 heavy (non-hydrogen) atoms. The third-order valence-electron chi connectivity index (χ3n) is 3.15. The Bertz CT molecular complexity index is 515. The summed E-state index contributed by atoms with van der Waals surface area (Å²) in [5.41, 5.74) is -0.248. The van der Waals surface area contributed by atoms with Crippen molar-refractivity contribution in [2.24, 2.45) is 0 Å². The number of hydrogen-bond acceptors (Lipinski definition) is 6. The summed E-state index contributed by atoms with van der Waals surface area (Å²) < 4.78 is 10.2. The SMILES string of the molecule is CC(CCO)OC(=O)c1ccc(C(=O)OCCC(C)(C)O)cc1. The van der Waals surface area contributed by atoms with Crippen LogP contribution >= 0.6 is 0 Å². The van der Waals surface area contributed by atoms with E-state index in [9.17, 15) is 14.7 Å². The lowest BCUT2D eigenvalue weighted by Gasteiger charge is -2.16. The van der Waals surface area contributed by atoms with Crippen molar-refractivity contribution in [2.75, 3.05) is 13.2 Å². The zero-order valence-electron chi connectivity index (χ0n) is 13.7. The van der Waals surface area contributed by atoms with Gasteiger partial charge in [0.1, 0.15) is 6.10 Å². The van der Waals surface area contributed by atoms with Crippen LogP contribution < -0.4 is 0 Å². The van der Waals surface area contributed by atoms with Gasteiger partial charge in [0.25, 0.3) is 0 Å². The second-order valence-electron chi connectivity index (χ2n) is 6.00. The van der Waals surface area contributed by atoms with E-state index >= 15 is 0 Å². The van der Waals surface area contributed by atoms with Gasteiger partial charge in [-0.15, -0.1) is 0 Å². The van der Waals surface area contributed by atoms with Crippen LogP contribution in [0.2, 0.25) is 0 Å². The zero-order valence-corrected chi connectivity index (χ0v) is 13.7. The first-order valence-corrected chi connectivity index (χ1v) is 7.54. The molecule has 1 unspecified atom stereocenters. The summed E-state index contributed by atoms with van der Waals surface area (Å²) in [6, 6.07) is 5.95. The van der Waals surface area contributed by atoms with E-state index in [0.29, 0.717) is 24.0 Å². The van der Waals surface area contributed by atoms with Crippen LogP contribution in [-0.4, -0.2) is 47.1 Å². The van der Waals surface area contributed by atoms with Gasteiger partial charge in [0.05, 0.1) is 23.3 Å². The summed E-state index contributed by atoms with van der Waals surface area (Å²) in [5.74, 6) is -1.02. The Hall–Kier alpha value is -1.92. The van der Waals surface area contributed by atoms with Gasteiger partial charge in [-0.3, -0.25) is 0 Å². The van der Waals surface area contributed by atoms with Gasteiger partial charge in [0.2, 0.25) is 0 Å². The van der Waals surface area contributed by atoms with E-state index in [1.807, 2.05) is 0 Å². The van der Waals surface area contributed by atoms with Gasteiger partial charge in [-0.2, -0.15) is 0 Å². The molecule has 0 spiro atoms. The topological polar surface area (TPSA) is 93.1 Å². The van der Waals surface area contributed by atoms with Gasteiger partial charge >= 0.3 is 11.9 Å². The van der Waals surface area contributed by atoms with E-state index in [-0.39, 0.29) is 19.3 Å². The molecule has 0 amide bonds. The fourth-order valence-corrected chi connectivity index (χ4v) is 1.71. The minimum atomic E-state index is -0.890. The third kappa shape index (κ3) is 7.25. The maximum absolute atomic E-state index is 11.8. The molecular formula is C17H24O6. The fourth-order valence-electron chi connectivity index (χ4n) is 1.71. The average molecular weight is 324 g/mol. The Morgan fingerprint density at radius 1 is 1.13 bits per heavy atom. The van der Waals surface area contributed by atoms with E-state index in [1.54, 1.807) is 20.8 Å². The predicted molar refractivity (Wildman–Crippen MR) is 84.2 cm³/mol. The first kappa shape index (κ1) is 19.1. The zero-order chi connectivity index (χ0) is 17.5. The number of aliphatic hydroxyl groups excluding tert-OH is 1. The molecule has 0 aromatic heterocycles. The quantitative estimate of drug-likeness (QED) is 0.710. The molecule has 128 valence electrons. The Labute approximate surface area is 136 Å². The van der Waals surface area contributed by atoms with Crippen LogP contribution in [0.25, 0.3) is 0 Å². The Morgan fingerprint density at radius 2 is 1.65 bits per heavy atom. The molecule has 0 aliphatic carbocycles. The van der Waals surface area contributed by atoms with Crippen LogP contribution in [0.3, 0.4) is 0 Å². The van der Waals surface area contributed by atoms with Crippen molar-refractivity contribution in [1.29, 1.82) is 0 Å². The van der Waals surface area contributed by atoms with Gasteiger partial charge in [0.15, 0.2) is 0 Å². The molecule has 0 aliphatic rings. The highest BCUT2D eigenvalue weighted by atomic mass is 16.5. The second-order valence-corrected chi connectivity index (χ2v) is 6.00. The molecule has 0 aliphatic heterocycles. The molecule has 0 fully saturated rings. The van der Waals surface area contributed by atoms with E-state index in [1.165, 1.54) is 24.3 Å². The van der Waals surface area contributed by atoms with Gasteiger partial charge < -0.3 is 19.7 Å². The maximum Gasteiger partial charge on any atom is 0.338 e. The molecule has 6 heteroatoms. The number of carbonyl (C=O) groups excluding carboxylic acids is 2. The number of benzene rings is 1. The van der Waals surface area contributed by atoms with Gasteiger partial charge in [0, 0.05) is 19.4 Å². The summed E-state index contributed by atoms with van der Waals surface area (Å²) in [7, 11) is 0. The lowest BCUT2D eigenvalue weighted by molar-refractivity contribution is 0.0238. The van der Waals surface area contributed by atoms with E-state index < -0.39 is 17.5 Å². The first-order valence-electron chi connectivity index (χ1n) is 7.54. The molecule has 1 aromatic rings. The number of esters is 2. The fraction of sp³-hybridized carbons (Fsp3) is 0.529. The van der Waals surface area contributed by atoms with Crippen molar-refractivity contribution in [2.45, 2.75) is 45.3 Å². The molecular weight excluding hydrogens is 300 g/mol. The molecule has 0 saturated carbocycles. The highest BCUT2D eigenvalue weighted by Crippen LogP contribution is 2.11. The summed E-state index contributed by atoms with van der Waals surface area (Å²) in [6.07, 6.45) is 0.336. The molecule has 0 saturated heterocycles. The summed E-state index contributed by atoms with van der Waals surface area (Å²) >= 11 is 0. The van der Waals surface area contributed by atoms with Crippen molar-refractivity contribution in [3.8, 4) is 0 Å². The lowest BCUT2D eigenvalue weighted by Crippen LogP contribution is -2.22. The predicted octanol–water partition coefficient (Wildman–Crippen LogP) is 1.93. The Morgan fingerprint density at radius 3 is 2.13 bits per heavy atom. The summed E-state index contributed by atoms with van der Waals surface area (Å²) in [4.78, 5) is 23.7. The number of carbonyl (C=O) groups is 2. The molecule has 0 heterocycles. The monoisotopic (exact) mass is 324 g/mol. The number of rotatable bonds is 8. The maximum atomic E-state index is 11.8. The smallest absolute Gasteiger partial charge is 0.338 e. The number of ether oxygens (including phenoxy) is 2.